The van der Waals surface area contributed by atoms with E-state index in [1.165, 1.54) is 6.07 Å². The van der Waals surface area contributed by atoms with Gasteiger partial charge in [-0.2, -0.15) is 0 Å². The van der Waals surface area contributed by atoms with E-state index in [9.17, 15) is 9.18 Å². The number of hydrogen-bond acceptors (Lipinski definition) is 2. The van der Waals surface area contributed by atoms with E-state index in [1.54, 1.807) is 12.1 Å². The Labute approximate surface area is 118 Å². The standard InChI is InChI=1S/C15H19ClFNO/c1-10(2)15(5-6-18-9-15)14(19)7-11-3-4-12(16)8-13(11)17/h3-4,8,10,18H,5-7,9H2,1-2H3. The Kier molecular flexibility index (Phi) is 4.26. The maximum atomic E-state index is 13.8. The minimum Gasteiger partial charge on any atom is -0.316 e. The predicted molar refractivity (Wildman–Crippen MR) is 74.9 cm³/mol. The van der Waals surface area contributed by atoms with Crippen molar-refractivity contribution in [2.75, 3.05) is 13.1 Å². The molecule has 1 fully saturated rings. The summed E-state index contributed by atoms with van der Waals surface area (Å²) in [6, 6.07) is 4.49. The van der Waals surface area contributed by atoms with Crippen molar-refractivity contribution in [1.82, 2.24) is 5.32 Å². The zero-order chi connectivity index (χ0) is 14.0. The van der Waals surface area contributed by atoms with Crippen molar-refractivity contribution in [3.05, 3.63) is 34.6 Å². The molecule has 1 aromatic rings. The lowest BCUT2D eigenvalue weighted by Crippen LogP contribution is -2.39. The first-order valence-corrected chi connectivity index (χ1v) is 7.01. The van der Waals surface area contributed by atoms with E-state index in [0.29, 0.717) is 17.1 Å². The van der Waals surface area contributed by atoms with Gasteiger partial charge in [-0.25, -0.2) is 4.39 Å². The monoisotopic (exact) mass is 283 g/mol. The first kappa shape index (κ1) is 14.5. The highest BCUT2D eigenvalue weighted by Gasteiger charge is 2.43. The summed E-state index contributed by atoms with van der Waals surface area (Å²) in [5.41, 5.74) is 0.0767. The fourth-order valence-corrected chi connectivity index (χ4v) is 2.94. The van der Waals surface area contributed by atoms with Gasteiger partial charge in [-0.05, 0) is 36.6 Å². The number of Topliss-reactive ketones (excluding diaryl/α,β-unsaturated/α-hetero) is 1. The van der Waals surface area contributed by atoms with Gasteiger partial charge in [-0.15, -0.1) is 0 Å². The van der Waals surface area contributed by atoms with Crippen LogP contribution >= 0.6 is 11.6 Å². The molecule has 4 heteroatoms. The summed E-state index contributed by atoms with van der Waals surface area (Å²) >= 11 is 5.72. The number of benzene rings is 1. The lowest BCUT2D eigenvalue weighted by Gasteiger charge is -2.31. The van der Waals surface area contributed by atoms with Crippen LogP contribution < -0.4 is 5.32 Å². The number of hydrogen-bond donors (Lipinski definition) is 1. The number of carbonyl (C=O) groups is 1. The van der Waals surface area contributed by atoms with Gasteiger partial charge in [0.1, 0.15) is 11.6 Å². The zero-order valence-electron chi connectivity index (χ0n) is 11.3. The number of ketones is 1. The molecule has 0 aromatic heterocycles. The molecule has 104 valence electrons. The molecule has 0 amide bonds. The van der Waals surface area contributed by atoms with Crippen molar-refractivity contribution in [2.24, 2.45) is 11.3 Å². The Morgan fingerprint density at radius 3 is 2.79 bits per heavy atom. The maximum Gasteiger partial charge on any atom is 0.145 e. The van der Waals surface area contributed by atoms with Crippen LogP contribution in [0.2, 0.25) is 5.02 Å². The second-order valence-electron chi connectivity index (χ2n) is 5.57. The van der Waals surface area contributed by atoms with Crippen molar-refractivity contribution < 1.29 is 9.18 Å². The van der Waals surface area contributed by atoms with Crippen LogP contribution in [0.1, 0.15) is 25.8 Å². The third-order valence-electron chi connectivity index (χ3n) is 4.21. The molecule has 0 bridgehead atoms. The number of carbonyl (C=O) groups excluding carboxylic acids is 1. The lowest BCUT2D eigenvalue weighted by molar-refractivity contribution is -0.129. The van der Waals surface area contributed by atoms with Crippen LogP contribution in [0.25, 0.3) is 0 Å². The second kappa shape index (κ2) is 5.59. The molecular formula is C15H19ClFNO. The molecule has 1 aliphatic rings. The van der Waals surface area contributed by atoms with Crippen molar-refractivity contribution >= 4 is 17.4 Å². The second-order valence-corrected chi connectivity index (χ2v) is 6.01. The van der Waals surface area contributed by atoms with E-state index < -0.39 is 5.82 Å². The normalized spacial score (nSPS) is 23.0. The van der Waals surface area contributed by atoms with Gasteiger partial charge in [0.2, 0.25) is 0 Å². The summed E-state index contributed by atoms with van der Waals surface area (Å²) in [6.45, 7) is 5.66. The van der Waals surface area contributed by atoms with E-state index >= 15 is 0 Å². The van der Waals surface area contributed by atoms with Crippen molar-refractivity contribution in [3.63, 3.8) is 0 Å². The van der Waals surface area contributed by atoms with Crippen LogP contribution in [0.5, 0.6) is 0 Å². The zero-order valence-corrected chi connectivity index (χ0v) is 12.1. The molecule has 1 heterocycles. The third kappa shape index (κ3) is 2.82. The topological polar surface area (TPSA) is 29.1 Å². The summed E-state index contributed by atoms with van der Waals surface area (Å²) < 4.78 is 13.8. The highest BCUT2D eigenvalue weighted by atomic mass is 35.5. The van der Waals surface area contributed by atoms with Gasteiger partial charge in [-0.1, -0.05) is 31.5 Å². The summed E-state index contributed by atoms with van der Waals surface area (Å²) in [6.07, 6.45) is 0.974. The highest BCUT2D eigenvalue weighted by Crippen LogP contribution is 2.36. The van der Waals surface area contributed by atoms with Crippen molar-refractivity contribution in [3.8, 4) is 0 Å². The molecule has 1 atom stereocenters. The maximum absolute atomic E-state index is 13.8. The fourth-order valence-electron chi connectivity index (χ4n) is 2.78. The number of halogens is 2. The van der Waals surface area contributed by atoms with Crippen molar-refractivity contribution in [2.45, 2.75) is 26.7 Å². The van der Waals surface area contributed by atoms with E-state index in [-0.39, 0.29) is 23.5 Å². The summed E-state index contributed by atoms with van der Waals surface area (Å²) in [7, 11) is 0. The molecule has 1 N–H and O–H groups in total. The highest BCUT2D eigenvalue weighted by molar-refractivity contribution is 6.30. The molecule has 1 saturated heterocycles. The minimum absolute atomic E-state index is 0.119. The van der Waals surface area contributed by atoms with Gasteiger partial charge < -0.3 is 5.32 Å². The molecule has 1 aliphatic heterocycles. The van der Waals surface area contributed by atoms with Crippen LogP contribution in [0.4, 0.5) is 4.39 Å². The minimum atomic E-state index is -0.397. The Hall–Kier alpha value is -0.930. The first-order chi connectivity index (χ1) is 8.95. The Morgan fingerprint density at radius 2 is 2.26 bits per heavy atom. The average Bonchev–Trinajstić information content (AvgIpc) is 2.83. The van der Waals surface area contributed by atoms with Crippen LogP contribution in [0.3, 0.4) is 0 Å². The molecule has 0 radical (unpaired) electrons. The molecule has 1 unspecified atom stereocenters. The molecular weight excluding hydrogens is 265 g/mol. The van der Waals surface area contributed by atoms with Gasteiger partial charge in [0.25, 0.3) is 0 Å². The van der Waals surface area contributed by atoms with E-state index in [0.717, 1.165) is 13.0 Å². The van der Waals surface area contributed by atoms with E-state index in [2.05, 4.69) is 19.2 Å². The Balaban J connectivity index is 2.20. The molecule has 2 nitrogen and oxygen atoms in total. The van der Waals surface area contributed by atoms with Crippen LogP contribution in [0.15, 0.2) is 18.2 Å². The quantitative estimate of drug-likeness (QED) is 0.919. The molecule has 19 heavy (non-hydrogen) atoms. The Bertz CT molecular complexity index is 481. The van der Waals surface area contributed by atoms with Crippen LogP contribution in [0, 0.1) is 17.2 Å². The smallest absolute Gasteiger partial charge is 0.145 e. The summed E-state index contributed by atoms with van der Waals surface area (Å²) in [5, 5.41) is 3.61. The predicted octanol–water partition coefficient (Wildman–Crippen LogP) is 3.23. The fraction of sp³-hybridized carbons (Fsp3) is 0.533. The SMILES string of the molecule is CC(C)C1(C(=O)Cc2ccc(Cl)cc2F)CCNC1. The number of nitrogens with one attached hydrogen (secondary N) is 1. The van der Waals surface area contributed by atoms with Gasteiger partial charge in [-0.3, -0.25) is 4.79 Å². The molecule has 2 rings (SSSR count). The molecule has 0 spiro atoms. The first-order valence-electron chi connectivity index (χ1n) is 6.63. The summed E-state index contributed by atoms with van der Waals surface area (Å²) in [4.78, 5) is 12.6. The van der Waals surface area contributed by atoms with Crippen LogP contribution in [-0.2, 0) is 11.2 Å². The van der Waals surface area contributed by atoms with Crippen molar-refractivity contribution in [1.29, 1.82) is 0 Å². The molecule has 0 saturated carbocycles. The molecule has 0 aliphatic carbocycles. The van der Waals surface area contributed by atoms with Gasteiger partial charge in [0.15, 0.2) is 0 Å². The van der Waals surface area contributed by atoms with Gasteiger partial charge in [0.05, 0.1) is 0 Å². The van der Waals surface area contributed by atoms with Gasteiger partial charge >= 0.3 is 0 Å². The largest absolute Gasteiger partial charge is 0.316 e. The van der Waals surface area contributed by atoms with Gasteiger partial charge in [0, 0.05) is 23.4 Å². The van der Waals surface area contributed by atoms with E-state index in [1.807, 2.05) is 0 Å². The molecule has 1 aromatic carbocycles. The Morgan fingerprint density at radius 1 is 1.53 bits per heavy atom. The van der Waals surface area contributed by atoms with E-state index in [4.69, 9.17) is 11.6 Å². The van der Waals surface area contributed by atoms with Crippen LogP contribution in [-0.4, -0.2) is 18.9 Å². The summed E-state index contributed by atoms with van der Waals surface area (Å²) in [5.74, 6) is -0.0233. The average molecular weight is 284 g/mol. The number of rotatable bonds is 4. The third-order valence-corrected chi connectivity index (χ3v) is 4.45. The lowest BCUT2D eigenvalue weighted by atomic mass is 9.71.